The summed E-state index contributed by atoms with van der Waals surface area (Å²) in [6.45, 7) is 0.357. The van der Waals surface area contributed by atoms with Crippen LogP contribution in [0.15, 0.2) is 4.99 Å². The van der Waals surface area contributed by atoms with Gasteiger partial charge in [-0.15, -0.1) is 0 Å². The summed E-state index contributed by atoms with van der Waals surface area (Å²) in [5.74, 6) is -3.42. The van der Waals surface area contributed by atoms with Crippen LogP contribution in [0.1, 0.15) is 51.4 Å². The van der Waals surface area contributed by atoms with Crippen LogP contribution in [-0.4, -0.2) is 90.3 Å². The Morgan fingerprint density at radius 1 is 0.722 bits per heavy atom. The molecule has 15 heteroatoms. The monoisotopic (exact) mass is 517 g/mol. The van der Waals surface area contributed by atoms with E-state index in [4.69, 9.17) is 33.8 Å². The Bertz CT molecular complexity index is 718. The van der Waals surface area contributed by atoms with Gasteiger partial charge in [-0.1, -0.05) is 0 Å². The van der Waals surface area contributed by atoms with Gasteiger partial charge >= 0.3 is 5.97 Å². The lowest BCUT2D eigenvalue weighted by Crippen LogP contribution is -2.57. The van der Waals surface area contributed by atoms with Crippen molar-refractivity contribution in [2.24, 2.45) is 33.7 Å². The lowest BCUT2D eigenvalue weighted by molar-refractivity contribution is -0.142. The molecule has 0 fully saturated rings. The maximum Gasteiger partial charge on any atom is 0.326 e. The first kappa shape index (κ1) is 33.0. The standard InChI is InChI=1S/C21H43N9O6/c22-9-3-1-6-14(28-17(32)13(24)12-31)18(33)29-15(7-2-4-10-23)19(34)30-16(20(35)36)8-5-11-27-21(25)26/h13-16,31H,1-12,22-24H2,(H,28,32)(H,29,33)(H,30,34)(H,35,36)(H4,25,26,27). The van der Waals surface area contributed by atoms with E-state index in [2.05, 4.69) is 20.9 Å². The molecule has 0 radical (unpaired) electrons. The molecule has 0 aliphatic rings. The molecule has 0 saturated carbocycles. The number of carboxylic acids is 1. The second kappa shape index (κ2) is 19.2. The fraction of sp³-hybridized carbons (Fsp3) is 0.762. The highest BCUT2D eigenvalue weighted by molar-refractivity contribution is 5.94. The normalized spacial score (nSPS) is 14.1. The summed E-state index contributed by atoms with van der Waals surface area (Å²) in [4.78, 5) is 53.5. The van der Waals surface area contributed by atoms with Gasteiger partial charge in [0.1, 0.15) is 24.2 Å². The molecule has 0 aromatic rings. The van der Waals surface area contributed by atoms with Crippen LogP contribution in [-0.2, 0) is 19.2 Å². The maximum atomic E-state index is 13.0. The minimum absolute atomic E-state index is 0.0676. The number of carbonyl (C=O) groups excluding carboxylic acids is 3. The smallest absolute Gasteiger partial charge is 0.326 e. The predicted molar refractivity (Wildman–Crippen MR) is 134 cm³/mol. The number of rotatable bonds is 20. The van der Waals surface area contributed by atoms with Crippen molar-refractivity contribution in [1.29, 1.82) is 0 Å². The quantitative estimate of drug-likeness (QED) is 0.0423. The predicted octanol–water partition coefficient (Wildman–Crippen LogP) is -3.84. The number of unbranched alkanes of at least 4 members (excludes halogenated alkanes) is 2. The summed E-state index contributed by atoms with van der Waals surface area (Å²) in [6, 6.07) is -4.53. The van der Waals surface area contributed by atoms with Gasteiger partial charge in [-0.2, -0.15) is 0 Å². The molecule has 3 amide bonds. The molecule has 4 unspecified atom stereocenters. The van der Waals surface area contributed by atoms with E-state index in [0.717, 1.165) is 0 Å². The molecule has 4 atom stereocenters. The molecule has 0 rings (SSSR count). The minimum atomic E-state index is -1.25. The number of nitrogens with two attached hydrogens (primary N) is 5. The number of nitrogens with zero attached hydrogens (tertiary/aromatic N) is 1. The van der Waals surface area contributed by atoms with Gasteiger partial charge in [0, 0.05) is 6.54 Å². The summed E-state index contributed by atoms with van der Waals surface area (Å²) in [5.41, 5.74) is 27.1. The van der Waals surface area contributed by atoms with Crippen LogP contribution in [0.5, 0.6) is 0 Å². The second-order valence-electron chi connectivity index (χ2n) is 8.33. The molecule has 0 aromatic carbocycles. The largest absolute Gasteiger partial charge is 0.480 e. The Labute approximate surface area is 211 Å². The molecule has 208 valence electrons. The first-order valence-corrected chi connectivity index (χ1v) is 12.0. The van der Waals surface area contributed by atoms with Gasteiger partial charge in [0.2, 0.25) is 17.7 Å². The summed E-state index contributed by atoms with van der Waals surface area (Å²) < 4.78 is 0. The number of nitrogens with one attached hydrogen (secondary N) is 3. The molecule has 15 nitrogen and oxygen atoms in total. The van der Waals surface area contributed by atoms with Crippen molar-refractivity contribution in [3.8, 4) is 0 Å². The first-order chi connectivity index (χ1) is 17.1. The van der Waals surface area contributed by atoms with Gasteiger partial charge in [-0.25, -0.2) is 4.79 Å². The third-order valence-electron chi connectivity index (χ3n) is 5.25. The number of guanidine groups is 1. The fourth-order valence-corrected chi connectivity index (χ4v) is 3.19. The van der Waals surface area contributed by atoms with E-state index < -0.39 is 54.5 Å². The van der Waals surface area contributed by atoms with E-state index in [1.807, 2.05) is 0 Å². The number of aliphatic hydroxyl groups excluding tert-OH is 1. The average molecular weight is 518 g/mol. The Morgan fingerprint density at radius 3 is 1.58 bits per heavy atom. The molecule has 0 bridgehead atoms. The van der Waals surface area contributed by atoms with Crippen LogP contribution < -0.4 is 44.6 Å². The van der Waals surface area contributed by atoms with Crippen molar-refractivity contribution in [3.05, 3.63) is 0 Å². The van der Waals surface area contributed by atoms with Crippen LogP contribution in [0.3, 0.4) is 0 Å². The molecular weight excluding hydrogens is 474 g/mol. The van der Waals surface area contributed by atoms with Gasteiger partial charge in [0.15, 0.2) is 5.96 Å². The molecule has 0 aliphatic carbocycles. The van der Waals surface area contributed by atoms with E-state index in [9.17, 15) is 24.3 Å². The molecule has 36 heavy (non-hydrogen) atoms. The number of aliphatic imine (C=N–C) groups is 1. The molecule has 0 heterocycles. The summed E-state index contributed by atoms with van der Waals surface area (Å²) >= 11 is 0. The van der Waals surface area contributed by atoms with E-state index >= 15 is 0 Å². The zero-order valence-electron chi connectivity index (χ0n) is 20.7. The SMILES string of the molecule is NCCCCC(NC(=O)C(N)CO)C(=O)NC(CCCCN)C(=O)NC(CCCN=C(N)N)C(=O)O. The van der Waals surface area contributed by atoms with E-state index in [1.165, 1.54) is 0 Å². The topological polar surface area (TPSA) is 287 Å². The highest BCUT2D eigenvalue weighted by Gasteiger charge is 2.29. The summed E-state index contributed by atoms with van der Waals surface area (Å²) in [6.07, 6.45) is 3.01. The Kier molecular flexibility index (Phi) is 17.6. The van der Waals surface area contributed by atoms with E-state index in [-0.39, 0.29) is 31.8 Å². The molecule has 15 N–H and O–H groups in total. The van der Waals surface area contributed by atoms with Crippen LogP contribution >= 0.6 is 0 Å². The molecule has 0 aliphatic heterocycles. The first-order valence-electron chi connectivity index (χ1n) is 12.0. The zero-order chi connectivity index (χ0) is 27.5. The number of hydrogen-bond donors (Lipinski definition) is 10. The van der Waals surface area contributed by atoms with Gasteiger partial charge in [-0.05, 0) is 64.5 Å². The Hall–Kier alpha value is -3.01. The second-order valence-corrected chi connectivity index (χ2v) is 8.33. The van der Waals surface area contributed by atoms with Crippen molar-refractivity contribution in [2.75, 3.05) is 26.2 Å². The number of amides is 3. The third kappa shape index (κ3) is 14.4. The van der Waals surface area contributed by atoms with Crippen molar-refractivity contribution in [2.45, 2.75) is 75.5 Å². The number of aliphatic hydroxyl groups is 1. The van der Waals surface area contributed by atoms with Crippen LogP contribution in [0.2, 0.25) is 0 Å². The highest BCUT2D eigenvalue weighted by Crippen LogP contribution is 2.07. The zero-order valence-corrected chi connectivity index (χ0v) is 20.7. The van der Waals surface area contributed by atoms with Crippen molar-refractivity contribution in [3.63, 3.8) is 0 Å². The lowest BCUT2D eigenvalue weighted by Gasteiger charge is -2.25. The Morgan fingerprint density at radius 2 is 1.17 bits per heavy atom. The summed E-state index contributed by atoms with van der Waals surface area (Å²) in [5, 5.41) is 26.1. The molecule has 0 saturated heterocycles. The van der Waals surface area contributed by atoms with Gasteiger partial charge < -0.3 is 54.8 Å². The molecule has 0 aromatic heterocycles. The van der Waals surface area contributed by atoms with Crippen molar-refractivity contribution >= 4 is 29.7 Å². The summed E-state index contributed by atoms with van der Waals surface area (Å²) in [7, 11) is 0. The van der Waals surface area contributed by atoms with Gasteiger partial charge in [0.05, 0.1) is 6.61 Å². The number of aliphatic carboxylic acids is 1. The van der Waals surface area contributed by atoms with Crippen LogP contribution in [0.4, 0.5) is 0 Å². The van der Waals surface area contributed by atoms with Gasteiger partial charge in [0.25, 0.3) is 0 Å². The molecular formula is C21H43N9O6. The number of hydrogen-bond acceptors (Lipinski definition) is 9. The van der Waals surface area contributed by atoms with Crippen LogP contribution in [0.25, 0.3) is 0 Å². The third-order valence-corrected chi connectivity index (χ3v) is 5.25. The van der Waals surface area contributed by atoms with E-state index in [1.54, 1.807) is 0 Å². The molecule has 0 spiro atoms. The van der Waals surface area contributed by atoms with Crippen LogP contribution in [0, 0.1) is 0 Å². The maximum absolute atomic E-state index is 13.0. The lowest BCUT2D eigenvalue weighted by atomic mass is 10.0. The van der Waals surface area contributed by atoms with E-state index in [0.29, 0.717) is 45.2 Å². The number of carbonyl (C=O) groups is 4. The van der Waals surface area contributed by atoms with Gasteiger partial charge in [-0.3, -0.25) is 19.4 Å². The average Bonchev–Trinajstić information content (AvgIpc) is 2.83. The van der Waals surface area contributed by atoms with Crippen molar-refractivity contribution in [1.82, 2.24) is 16.0 Å². The fourth-order valence-electron chi connectivity index (χ4n) is 3.19. The minimum Gasteiger partial charge on any atom is -0.480 e. The number of carboxylic acid groups (broad SMARTS) is 1. The highest BCUT2D eigenvalue weighted by atomic mass is 16.4. The Balaban J connectivity index is 5.44. The van der Waals surface area contributed by atoms with Crippen molar-refractivity contribution < 1.29 is 29.4 Å².